The lowest BCUT2D eigenvalue weighted by Gasteiger charge is -2.12. The highest BCUT2D eigenvalue weighted by atomic mass is 19.4. The first-order chi connectivity index (χ1) is 12.5. The van der Waals surface area contributed by atoms with E-state index < -0.39 is 40.6 Å². The minimum atomic E-state index is -4.66. The highest BCUT2D eigenvalue weighted by Gasteiger charge is 2.30. The van der Waals surface area contributed by atoms with Gasteiger partial charge in [0, 0.05) is 30.9 Å². The fourth-order valence-electron chi connectivity index (χ4n) is 2.16. The first kappa shape index (κ1) is 20.5. The van der Waals surface area contributed by atoms with Crippen LogP contribution in [0.4, 0.5) is 36.4 Å². The van der Waals surface area contributed by atoms with Gasteiger partial charge in [-0.3, -0.25) is 0 Å². The van der Waals surface area contributed by atoms with Crippen LogP contribution in [0, 0.1) is 0 Å². The van der Waals surface area contributed by atoms with Gasteiger partial charge in [-0.1, -0.05) is 12.1 Å². The molecule has 0 heterocycles. The molecule has 0 saturated heterocycles. The van der Waals surface area contributed by atoms with E-state index in [2.05, 4.69) is 0 Å². The number of allylic oxidation sites excluding steroid dienone is 2. The molecule has 0 aliphatic rings. The summed E-state index contributed by atoms with van der Waals surface area (Å²) in [6.07, 6.45) is -4.66. The molecular weight excluding hydrogens is 375 g/mol. The second-order valence-corrected chi connectivity index (χ2v) is 5.77. The van der Waals surface area contributed by atoms with Crippen molar-refractivity contribution in [1.29, 1.82) is 0 Å². The van der Waals surface area contributed by atoms with Crippen molar-refractivity contribution in [1.82, 2.24) is 0 Å². The number of alkyl halides is 3. The third kappa shape index (κ3) is 4.69. The molecule has 1 nitrogen and oxygen atoms in total. The van der Waals surface area contributed by atoms with E-state index in [0.717, 1.165) is 0 Å². The molecule has 0 aliphatic heterocycles. The van der Waals surface area contributed by atoms with Crippen LogP contribution in [0.1, 0.15) is 16.7 Å². The molecule has 0 N–H and O–H groups in total. The number of hydrogen-bond acceptors (Lipinski definition) is 1. The van der Waals surface area contributed by atoms with Crippen molar-refractivity contribution in [3.05, 3.63) is 76.9 Å². The Kier molecular flexibility index (Phi) is 5.98. The lowest BCUT2D eigenvalue weighted by atomic mass is 10.1. The summed E-state index contributed by atoms with van der Waals surface area (Å²) < 4.78 is 93.5. The number of rotatable bonds is 4. The van der Waals surface area contributed by atoms with Crippen LogP contribution >= 0.6 is 0 Å². The minimum Gasteiger partial charge on any atom is -0.378 e. The summed E-state index contributed by atoms with van der Waals surface area (Å²) in [6.45, 7) is 0. The fraction of sp³-hybridized carbons (Fsp3) is 0.158. The molecule has 0 bridgehead atoms. The molecule has 0 amide bonds. The second-order valence-electron chi connectivity index (χ2n) is 5.77. The first-order valence-electron chi connectivity index (χ1n) is 7.58. The minimum absolute atomic E-state index is 0.312. The summed E-state index contributed by atoms with van der Waals surface area (Å²) in [5.74, 6) is -7.64. The van der Waals surface area contributed by atoms with Crippen LogP contribution in [0.5, 0.6) is 0 Å². The molecule has 0 spiro atoms. The van der Waals surface area contributed by atoms with Gasteiger partial charge in [-0.25, -0.2) is 17.6 Å². The van der Waals surface area contributed by atoms with Gasteiger partial charge in [0.1, 0.15) is 0 Å². The Bertz CT molecular complexity index is 860. The third-order valence-electron chi connectivity index (χ3n) is 3.68. The number of halogens is 7. The monoisotopic (exact) mass is 389 g/mol. The molecule has 0 atom stereocenters. The molecule has 27 heavy (non-hydrogen) atoms. The van der Waals surface area contributed by atoms with Crippen LogP contribution in [0.2, 0.25) is 0 Å². The first-order valence-corrected chi connectivity index (χ1v) is 7.58. The summed E-state index contributed by atoms with van der Waals surface area (Å²) in [7, 11) is 3.45. The lowest BCUT2D eigenvalue weighted by molar-refractivity contribution is -0.137. The van der Waals surface area contributed by atoms with Crippen molar-refractivity contribution in [2.75, 3.05) is 19.0 Å². The zero-order chi connectivity index (χ0) is 20.4. The molecule has 0 aliphatic carbocycles. The Morgan fingerprint density at radius 2 is 1.04 bits per heavy atom. The van der Waals surface area contributed by atoms with Crippen molar-refractivity contribution < 1.29 is 30.7 Å². The molecule has 0 unspecified atom stereocenters. The summed E-state index contributed by atoms with van der Waals surface area (Å²) in [5, 5.41) is 0. The van der Waals surface area contributed by atoms with E-state index in [9.17, 15) is 30.7 Å². The van der Waals surface area contributed by atoms with Crippen LogP contribution in [0.25, 0.3) is 11.7 Å². The SMILES string of the molecule is CN(C)c1ccc(/C(F)=C(F)/C(F)=C(\F)c2ccc(C(F)(F)F)cc2)cc1. The summed E-state index contributed by atoms with van der Waals surface area (Å²) in [4.78, 5) is 1.70. The number of hydrogen-bond donors (Lipinski definition) is 0. The van der Waals surface area contributed by atoms with Crippen molar-refractivity contribution in [2.45, 2.75) is 6.18 Å². The maximum atomic E-state index is 14.1. The Hall–Kier alpha value is -2.77. The maximum absolute atomic E-state index is 14.1. The molecular formula is C19H14F7N. The highest BCUT2D eigenvalue weighted by Crippen LogP contribution is 2.35. The normalized spacial score (nSPS) is 13.8. The Morgan fingerprint density at radius 1 is 0.667 bits per heavy atom. The second kappa shape index (κ2) is 7.85. The van der Waals surface area contributed by atoms with E-state index >= 15 is 0 Å². The van der Waals surface area contributed by atoms with Gasteiger partial charge < -0.3 is 4.90 Å². The molecule has 2 rings (SSSR count). The van der Waals surface area contributed by atoms with E-state index in [1.165, 1.54) is 24.3 Å². The van der Waals surface area contributed by atoms with Gasteiger partial charge in [0.2, 0.25) is 0 Å². The lowest BCUT2D eigenvalue weighted by Crippen LogP contribution is -2.08. The third-order valence-corrected chi connectivity index (χ3v) is 3.68. The maximum Gasteiger partial charge on any atom is 0.416 e. The van der Waals surface area contributed by atoms with Gasteiger partial charge in [0.25, 0.3) is 0 Å². The van der Waals surface area contributed by atoms with E-state index in [1.54, 1.807) is 19.0 Å². The van der Waals surface area contributed by atoms with E-state index in [4.69, 9.17) is 0 Å². The summed E-state index contributed by atoms with van der Waals surface area (Å²) in [6, 6.07) is 7.58. The van der Waals surface area contributed by atoms with E-state index in [0.29, 0.717) is 30.0 Å². The summed E-state index contributed by atoms with van der Waals surface area (Å²) in [5.41, 5.74) is -1.36. The number of anilines is 1. The molecule has 144 valence electrons. The van der Waals surface area contributed by atoms with Crippen LogP contribution in [-0.2, 0) is 6.18 Å². The van der Waals surface area contributed by atoms with Crippen molar-refractivity contribution in [3.63, 3.8) is 0 Å². The Balaban J connectivity index is 2.37. The number of benzene rings is 2. The van der Waals surface area contributed by atoms with Gasteiger partial charge in [-0.05, 0) is 36.4 Å². The predicted octanol–water partition coefficient (Wildman–Crippen LogP) is 6.69. The zero-order valence-corrected chi connectivity index (χ0v) is 14.2. The number of nitrogens with zero attached hydrogens (tertiary/aromatic N) is 1. The molecule has 8 heteroatoms. The standard InChI is InChI=1S/C19H14F7N/c1-27(2)14-9-5-12(6-10-14)16(21)18(23)17(22)15(20)11-3-7-13(8-4-11)19(24,25)26/h3-10H,1-2H3/b17-15+,18-16+. The predicted molar refractivity (Wildman–Crippen MR) is 90.5 cm³/mol. The topological polar surface area (TPSA) is 3.24 Å². The van der Waals surface area contributed by atoms with Crippen LogP contribution in [0.3, 0.4) is 0 Å². The van der Waals surface area contributed by atoms with Gasteiger partial charge in [0.05, 0.1) is 5.56 Å². The van der Waals surface area contributed by atoms with Gasteiger partial charge in [0.15, 0.2) is 23.3 Å². The van der Waals surface area contributed by atoms with Gasteiger partial charge >= 0.3 is 6.18 Å². The molecule has 0 radical (unpaired) electrons. The quantitative estimate of drug-likeness (QED) is 0.416. The van der Waals surface area contributed by atoms with Crippen molar-refractivity contribution >= 4 is 17.3 Å². The largest absolute Gasteiger partial charge is 0.416 e. The van der Waals surface area contributed by atoms with Gasteiger partial charge in [-0.15, -0.1) is 0 Å². The van der Waals surface area contributed by atoms with Crippen LogP contribution in [0.15, 0.2) is 60.2 Å². The van der Waals surface area contributed by atoms with Crippen LogP contribution < -0.4 is 4.90 Å². The Morgan fingerprint density at radius 3 is 1.37 bits per heavy atom. The Labute approximate surface area is 151 Å². The fourth-order valence-corrected chi connectivity index (χ4v) is 2.16. The smallest absolute Gasteiger partial charge is 0.378 e. The zero-order valence-electron chi connectivity index (χ0n) is 14.2. The molecule has 0 saturated carbocycles. The van der Waals surface area contributed by atoms with E-state index in [-0.39, 0.29) is 5.56 Å². The average Bonchev–Trinajstić information content (AvgIpc) is 2.65. The molecule has 2 aromatic carbocycles. The summed E-state index contributed by atoms with van der Waals surface area (Å²) >= 11 is 0. The molecule has 2 aromatic rings. The van der Waals surface area contributed by atoms with Gasteiger partial charge in [-0.2, -0.15) is 13.2 Å². The highest BCUT2D eigenvalue weighted by molar-refractivity contribution is 5.72. The molecule has 0 fully saturated rings. The van der Waals surface area contributed by atoms with Crippen molar-refractivity contribution in [2.24, 2.45) is 0 Å². The van der Waals surface area contributed by atoms with E-state index in [1.807, 2.05) is 0 Å². The average molecular weight is 389 g/mol. The van der Waals surface area contributed by atoms with Crippen LogP contribution in [-0.4, -0.2) is 14.1 Å². The molecule has 0 aromatic heterocycles. The van der Waals surface area contributed by atoms with Crippen molar-refractivity contribution in [3.8, 4) is 0 Å².